The molecular weight excluding hydrogens is 354 g/mol. The highest BCUT2D eigenvalue weighted by molar-refractivity contribution is 5.84. The van der Waals surface area contributed by atoms with E-state index in [1.54, 1.807) is 4.90 Å². The minimum atomic E-state index is -0.293. The number of amides is 2. The standard InChI is InChI=1S/C22H29N3O3/c1-2-28-22(27)25-11-5-6-17(15-25)21(26)24-12-9-16(10-13-24)19-14-23-20-8-4-3-7-18(19)20/h3-4,7-8,14,16-17,23H,2,5-6,9-13,15H2,1H3. The van der Waals surface area contributed by atoms with Gasteiger partial charge in [0.05, 0.1) is 12.5 Å². The van der Waals surface area contributed by atoms with Crippen LogP contribution in [-0.4, -0.2) is 59.6 Å². The van der Waals surface area contributed by atoms with Crippen LogP contribution >= 0.6 is 0 Å². The van der Waals surface area contributed by atoms with E-state index in [9.17, 15) is 9.59 Å². The summed E-state index contributed by atoms with van der Waals surface area (Å²) in [5.74, 6) is 0.594. The zero-order valence-electron chi connectivity index (χ0n) is 16.5. The van der Waals surface area contributed by atoms with Crippen molar-refractivity contribution in [2.45, 2.75) is 38.5 Å². The molecule has 2 aliphatic rings. The van der Waals surface area contributed by atoms with Crippen molar-refractivity contribution in [2.75, 3.05) is 32.8 Å². The topological polar surface area (TPSA) is 65.6 Å². The van der Waals surface area contributed by atoms with Gasteiger partial charge in [-0.05, 0) is 50.2 Å². The molecule has 6 heteroatoms. The number of aromatic amines is 1. The number of piperidine rings is 2. The third-order valence-electron chi connectivity index (χ3n) is 6.16. The van der Waals surface area contributed by atoms with Crippen molar-refractivity contribution in [1.82, 2.24) is 14.8 Å². The molecule has 2 saturated heterocycles. The third-order valence-corrected chi connectivity index (χ3v) is 6.16. The number of carbonyl (C=O) groups excluding carboxylic acids is 2. The molecule has 0 spiro atoms. The van der Waals surface area contributed by atoms with Gasteiger partial charge in [0.2, 0.25) is 5.91 Å². The lowest BCUT2D eigenvalue weighted by Crippen LogP contribution is -2.48. The van der Waals surface area contributed by atoms with Crippen molar-refractivity contribution in [3.8, 4) is 0 Å². The van der Waals surface area contributed by atoms with Crippen molar-refractivity contribution in [3.05, 3.63) is 36.0 Å². The van der Waals surface area contributed by atoms with E-state index in [4.69, 9.17) is 4.74 Å². The summed E-state index contributed by atoms with van der Waals surface area (Å²) in [6.07, 6.45) is 5.53. The summed E-state index contributed by atoms with van der Waals surface area (Å²) in [5, 5.41) is 1.30. The van der Waals surface area contributed by atoms with Crippen LogP contribution in [0.1, 0.15) is 44.1 Å². The number of fused-ring (bicyclic) bond motifs is 1. The molecule has 1 N–H and O–H groups in total. The Hall–Kier alpha value is -2.50. The molecule has 1 aromatic carbocycles. The maximum Gasteiger partial charge on any atom is 0.409 e. The molecule has 2 amide bonds. The zero-order chi connectivity index (χ0) is 19.5. The number of para-hydroxylation sites is 1. The number of aromatic nitrogens is 1. The maximum absolute atomic E-state index is 13.0. The van der Waals surface area contributed by atoms with E-state index in [2.05, 4.69) is 29.4 Å². The van der Waals surface area contributed by atoms with Crippen LogP contribution in [0.4, 0.5) is 4.79 Å². The number of benzene rings is 1. The minimum absolute atomic E-state index is 0.0946. The molecule has 2 aliphatic heterocycles. The second-order valence-electron chi connectivity index (χ2n) is 7.87. The Balaban J connectivity index is 1.35. The first-order valence-corrected chi connectivity index (χ1v) is 10.4. The molecule has 0 aliphatic carbocycles. The Bertz CT molecular complexity index is 838. The van der Waals surface area contributed by atoms with E-state index in [-0.39, 0.29) is 17.9 Å². The molecule has 2 fully saturated rings. The van der Waals surface area contributed by atoms with Crippen LogP contribution in [0, 0.1) is 5.92 Å². The number of ether oxygens (including phenoxy) is 1. The van der Waals surface area contributed by atoms with Crippen molar-refractivity contribution >= 4 is 22.9 Å². The Labute approximate surface area is 165 Å². The SMILES string of the molecule is CCOC(=O)N1CCCC(C(=O)N2CCC(c3c[nH]c4ccccc34)CC2)C1. The highest BCUT2D eigenvalue weighted by Crippen LogP contribution is 2.34. The van der Waals surface area contributed by atoms with Gasteiger partial charge >= 0.3 is 6.09 Å². The molecular formula is C22H29N3O3. The van der Waals surface area contributed by atoms with Crippen molar-refractivity contribution in [2.24, 2.45) is 5.92 Å². The van der Waals surface area contributed by atoms with Crippen LogP contribution in [0.3, 0.4) is 0 Å². The van der Waals surface area contributed by atoms with Gasteiger partial charge in [0.15, 0.2) is 0 Å². The van der Waals surface area contributed by atoms with Gasteiger partial charge in [-0.15, -0.1) is 0 Å². The molecule has 1 unspecified atom stereocenters. The third kappa shape index (κ3) is 3.73. The lowest BCUT2D eigenvalue weighted by Gasteiger charge is -2.37. The Morgan fingerprint density at radius 1 is 1.11 bits per heavy atom. The Morgan fingerprint density at radius 3 is 2.68 bits per heavy atom. The van der Waals surface area contributed by atoms with Gasteiger partial charge in [0, 0.05) is 43.3 Å². The van der Waals surface area contributed by atoms with Gasteiger partial charge in [0.25, 0.3) is 0 Å². The van der Waals surface area contributed by atoms with Crippen LogP contribution in [-0.2, 0) is 9.53 Å². The lowest BCUT2D eigenvalue weighted by atomic mass is 9.88. The number of H-pyrrole nitrogens is 1. The number of likely N-dealkylation sites (tertiary alicyclic amines) is 2. The van der Waals surface area contributed by atoms with Gasteiger partial charge in [-0.2, -0.15) is 0 Å². The summed E-state index contributed by atoms with van der Waals surface area (Å²) in [4.78, 5) is 32.1. The van der Waals surface area contributed by atoms with Crippen molar-refractivity contribution in [1.29, 1.82) is 0 Å². The fraction of sp³-hybridized carbons (Fsp3) is 0.545. The van der Waals surface area contributed by atoms with Crippen LogP contribution in [0.25, 0.3) is 10.9 Å². The molecule has 1 atom stereocenters. The summed E-state index contributed by atoms with van der Waals surface area (Å²) in [7, 11) is 0. The van der Waals surface area contributed by atoms with Gasteiger partial charge in [0.1, 0.15) is 0 Å². The Kier molecular flexibility index (Phi) is 5.55. The molecule has 6 nitrogen and oxygen atoms in total. The van der Waals surface area contributed by atoms with E-state index in [1.165, 1.54) is 16.5 Å². The van der Waals surface area contributed by atoms with Gasteiger partial charge < -0.3 is 19.5 Å². The van der Waals surface area contributed by atoms with Gasteiger partial charge in [-0.25, -0.2) is 4.79 Å². The molecule has 4 rings (SSSR count). The molecule has 0 bridgehead atoms. The predicted octanol–water partition coefficient (Wildman–Crippen LogP) is 3.74. The first-order valence-electron chi connectivity index (χ1n) is 10.4. The highest BCUT2D eigenvalue weighted by atomic mass is 16.6. The number of rotatable bonds is 3. The molecule has 3 heterocycles. The van der Waals surface area contributed by atoms with E-state index in [0.717, 1.165) is 38.8 Å². The first kappa shape index (κ1) is 18.8. The van der Waals surface area contributed by atoms with Crippen LogP contribution < -0.4 is 0 Å². The van der Waals surface area contributed by atoms with E-state index < -0.39 is 0 Å². The second kappa shape index (κ2) is 8.25. The average Bonchev–Trinajstić information content (AvgIpc) is 3.18. The van der Waals surface area contributed by atoms with E-state index in [0.29, 0.717) is 25.6 Å². The second-order valence-corrected chi connectivity index (χ2v) is 7.87. The fourth-order valence-corrected chi connectivity index (χ4v) is 4.66. The fourth-order valence-electron chi connectivity index (χ4n) is 4.66. The number of nitrogens with zero attached hydrogens (tertiary/aromatic N) is 2. The minimum Gasteiger partial charge on any atom is -0.450 e. The summed E-state index contributed by atoms with van der Waals surface area (Å²) in [6, 6.07) is 8.41. The lowest BCUT2D eigenvalue weighted by molar-refractivity contribution is -0.138. The molecule has 150 valence electrons. The van der Waals surface area contributed by atoms with Crippen LogP contribution in [0.5, 0.6) is 0 Å². The van der Waals surface area contributed by atoms with Crippen molar-refractivity contribution < 1.29 is 14.3 Å². The average molecular weight is 383 g/mol. The molecule has 2 aromatic rings. The van der Waals surface area contributed by atoms with E-state index in [1.807, 2.05) is 17.9 Å². The number of hydrogen-bond acceptors (Lipinski definition) is 3. The normalized spacial score (nSPS) is 21.1. The van der Waals surface area contributed by atoms with Gasteiger partial charge in [-0.1, -0.05) is 18.2 Å². The largest absolute Gasteiger partial charge is 0.450 e. The molecule has 1 aromatic heterocycles. The summed E-state index contributed by atoms with van der Waals surface area (Å²) < 4.78 is 5.10. The number of nitrogens with one attached hydrogen (secondary N) is 1. The van der Waals surface area contributed by atoms with E-state index >= 15 is 0 Å². The number of hydrogen-bond donors (Lipinski definition) is 1. The smallest absolute Gasteiger partial charge is 0.409 e. The molecule has 0 saturated carbocycles. The van der Waals surface area contributed by atoms with Gasteiger partial charge in [-0.3, -0.25) is 4.79 Å². The number of carbonyl (C=O) groups is 2. The first-order chi connectivity index (χ1) is 13.7. The highest BCUT2D eigenvalue weighted by Gasteiger charge is 2.33. The monoisotopic (exact) mass is 383 g/mol. The quantitative estimate of drug-likeness (QED) is 0.878. The summed E-state index contributed by atoms with van der Waals surface area (Å²) in [5.41, 5.74) is 2.55. The maximum atomic E-state index is 13.0. The summed E-state index contributed by atoms with van der Waals surface area (Å²) in [6.45, 7) is 4.93. The predicted molar refractivity (Wildman–Crippen MR) is 108 cm³/mol. The zero-order valence-corrected chi connectivity index (χ0v) is 16.5. The van der Waals surface area contributed by atoms with Crippen LogP contribution in [0.2, 0.25) is 0 Å². The molecule has 28 heavy (non-hydrogen) atoms. The van der Waals surface area contributed by atoms with Crippen LogP contribution in [0.15, 0.2) is 30.5 Å². The summed E-state index contributed by atoms with van der Waals surface area (Å²) >= 11 is 0. The molecule has 0 radical (unpaired) electrons. The Morgan fingerprint density at radius 2 is 1.89 bits per heavy atom. The van der Waals surface area contributed by atoms with Crippen molar-refractivity contribution in [3.63, 3.8) is 0 Å².